The number of rotatable bonds is 3. The number of carbonyl (C=O) groups is 2. The van der Waals surface area contributed by atoms with Crippen molar-refractivity contribution in [2.24, 2.45) is 5.92 Å². The summed E-state index contributed by atoms with van der Waals surface area (Å²) in [7, 11) is 0. The molecule has 7 nitrogen and oxygen atoms in total. The molecule has 1 atom stereocenters. The highest BCUT2D eigenvalue weighted by Gasteiger charge is 2.31. The van der Waals surface area contributed by atoms with Gasteiger partial charge in [0.2, 0.25) is 5.91 Å². The van der Waals surface area contributed by atoms with Crippen LogP contribution in [0.5, 0.6) is 0 Å². The van der Waals surface area contributed by atoms with E-state index in [-0.39, 0.29) is 17.7 Å². The minimum absolute atomic E-state index is 0.0292. The fraction of sp³-hybridized carbons (Fsp3) is 0.409. The standard InChI is InChI=1S/C22H25N5O2S/c1-12-7-8-17(23-10-12)26-20(28)16-6-5-9-27(11-16)22(29)19-13(2)18-14(3)24-15(4)25-21(18)30-19/h7-8,10,16H,5-6,9,11H2,1-4H3,(H,23,26,28). The average molecular weight is 424 g/mol. The first-order chi connectivity index (χ1) is 14.3. The van der Waals surface area contributed by atoms with E-state index in [9.17, 15) is 9.59 Å². The molecule has 0 aliphatic carbocycles. The Labute approximate surface area is 179 Å². The Hall–Kier alpha value is -2.87. The van der Waals surface area contributed by atoms with Gasteiger partial charge in [0.15, 0.2) is 0 Å². The number of anilines is 1. The molecule has 1 fully saturated rings. The number of nitrogens with zero attached hydrogens (tertiary/aromatic N) is 4. The number of amides is 2. The summed E-state index contributed by atoms with van der Waals surface area (Å²) in [6.07, 6.45) is 3.28. The average Bonchev–Trinajstić information content (AvgIpc) is 3.05. The quantitative estimate of drug-likeness (QED) is 0.692. The molecule has 0 bridgehead atoms. The van der Waals surface area contributed by atoms with Crippen molar-refractivity contribution in [1.29, 1.82) is 0 Å². The molecular weight excluding hydrogens is 398 g/mol. The number of hydrogen-bond donors (Lipinski definition) is 1. The zero-order valence-corrected chi connectivity index (χ0v) is 18.5. The van der Waals surface area contributed by atoms with E-state index in [1.807, 2.05) is 33.8 Å². The molecule has 4 heterocycles. The molecule has 3 aromatic rings. The first kappa shape index (κ1) is 20.4. The van der Waals surface area contributed by atoms with E-state index >= 15 is 0 Å². The van der Waals surface area contributed by atoms with E-state index in [1.165, 1.54) is 11.3 Å². The first-order valence-corrected chi connectivity index (χ1v) is 10.9. The predicted molar refractivity (Wildman–Crippen MR) is 118 cm³/mol. The molecule has 0 aromatic carbocycles. The zero-order valence-electron chi connectivity index (χ0n) is 17.7. The van der Waals surface area contributed by atoms with Gasteiger partial charge in [-0.2, -0.15) is 0 Å². The number of thiophene rings is 1. The number of pyridine rings is 1. The smallest absolute Gasteiger partial charge is 0.264 e. The first-order valence-electron chi connectivity index (χ1n) is 10.1. The van der Waals surface area contributed by atoms with Gasteiger partial charge in [-0.3, -0.25) is 9.59 Å². The van der Waals surface area contributed by atoms with Gasteiger partial charge in [0, 0.05) is 30.4 Å². The van der Waals surface area contributed by atoms with E-state index in [0.29, 0.717) is 29.6 Å². The van der Waals surface area contributed by atoms with E-state index in [4.69, 9.17) is 0 Å². The monoisotopic (exact) mass is 423 g/mol. The van der Waals surface area contributed by atoms with Crippen LogP contribution in [0.1, 0.15) is 45.2 Å². The van der Waals surface area contributed by atoms with Gasteiger partial charge in [-0.1, -0.05) is 6.07 Å². The van der Waals surface area contributed by atoms with Gasteiger partial charge in [-0.15, -0.1) is 11.3 Å². The van der Waals surface area contributed by atoms with E-state index in [0.717, 1.165) is 39.9 Å². The molecule has 30 heavy (non-hydrogen) atoms. The van der Waals surface area contributed by atoms with Crippen LogP contribution in [-0.4, -0.2) is 44.8 Å². The summed E-state index contributed by atoms with van der Waals surface area (Å²) in [4.78, 5) is 42.6. The summed E-state index contributed by atoms with van der Waals surface area (Å²) < 4.78 is 0. The molecule has 8 heteroatoms. The zero-order chi connectivity index (χ0) is 21.4. The lowest BCUT2D eigenvalue weighted by molar-refractivity contribution is -0.121. The van der Waals surface area contributed by atoms with Crippen LogP contribution in [0.15, 0.2) is 18.3 Å². The van der Waals surface area contributed by atoms with Crippen molar-refractivity contribution >= 4 is 39.2 Å². The van der Waals surface area contributed by atoms with Gasteiger partial charge in [0.25, 0.3) is 5.91 Å². The molecule has 4 rings (SSSR count). The van der Waals surface area contributed by atoms with E-state index in [1.54, 1.807) is 17.2 Å². The van der Waals surface area contributed by atoms with Crippen molar-refractivity contribution in [2.45, 2.75) is 40.5 Å². The Morgan fingerprint density at radius 2 is 1.97 bits per heavy atom. The number of fused-ring (bicyclic) bond motifs is 1. The minimum Gasteiger partial charge on any atom is -0.337 e. The Morgan fingerprint density at radius 3 is 2.70 bits per heavy atom. The number of carbonyl (C=O) groups excluding carboxylic acids is 2. The van der Waals surface area contributed by atoms with Crippen molar-refractivity contribution in [3.8, 4) is 0 Å². The second kappa shape index (κ2) is 8.10. The maximum atomic E-state index is 13.3. The van der Waals surface area contributed by atoms with Crippen LogP contribution >= 0.6 is 11.3 Å². The topological polar surface area (TPSA) is 88.1 Å². The minimum atomic E-state index is -0.246. The predicted octanol–water partition coefficient (Wildman–Crippen LogP) is 3.81. The van der Waals surface area contributed by atoms with Crippen LogP contribution in [0.3, 0.4) is 0 Å². The Balaban J connectivity index is 1.52. The van der Waals surface area contributed by atoms with E-state index in [2.05, 4.69) is 20.3 Å². The van der Waals surface area contributed by atoms with Gasteiger partial charge < -0.3 is 10.2 Å². The summed E-state index contributed by atoms with van der Waals surface area (Å²) in [6, 6.07) is 3.71. The fourth-order valence-electron chi connectivity index (χ4n) is 3.97. The summed E-state index contributed by atoms with van der Waals surface area (Å²) in [5.41, 5.74) is 2.86. The number of aromatic nitrogens is 3. The number of nitrogens with one attached hydrogen (secondary N) is 1. The second-order valence-electron chi connectivity index (χ2n) is 7.89. The van der Waals surface area contributed by atoms with Gasteiger partial charge >= 0.3 is 0 Å². The lowest BCUT2D eigenvalue weighted by Gasteiger charge is -2.31. The Bertz CT molecular complexity index is 1120. The molecule has 2 amide bonds. The molecule has 156 valence electrons. The van der Waals surface area contributed by atoms with Gasteiger partial charge in [0.05, 0.1) is 10.8 Å². The largest absolute Gasteiger partial charge is 0.337 e. The van der Waals surface area contributed by atoms with Crippen LogP contribution in [0, 0.1) is 33.6 Å². The molecule has 0 saturated carbocycles. The molecule has 0 radical (unpaired) electrons. The molecule has 1 unspecified atom stereocenters. The summed E-state index contributed by atoms with van der Waals surface area (Å²) in [6.45, 7) is 8.78. The number of hydrogen-bond acceptors (Lipinski definition) is 6. The lowest BCUT2D eigenvalue weighted by atomic mass is 9.96. The Kier molecular flexibility index (Phi) is 5.51. The Morgan fingerprint density at radius 1 is 1.17 bits per heavy atom. The highest BCUT2D eigenvalue weighted by Crippen LogP contribution is 2.33. The molecule has 1 saturated heterocycles. The highest BCUT2D eigenvalue weighted by atomic mass is 32.1. The third kappa shape index (κ3) is 3.92. The highest BCUT2D eigenvalue weighted by molar-refractivity contribution is 7.20. The van der Waals surface area contributed by atoms with Crippen molar-refractivity contribution in [1.82, 2.24) is 19.9 Å². The maximum absolute atomic E-state index is 13.3. The molecule has 0 spiro atoms. The summed E-state index contributed by atoms with van der Waals surface area (Å²) in [5.74, 6) is 0.885. The second-order valence-corrected chi connectivity index (χ2v) is 8.89. The SMILES string of the molecule is Cc1ccc(NC(=O)C2CCCN(C(=O)c3sc4nc(C)nc(C)c4c3C)C2)nc1. The molecule has 1 aliphatic heterocycles. The van der Waals surface area contributed by atoms with Crippen LogP contribution in [0.2, 0.25) is 0 Å². The molecule has 1 aliphatic rings. The van der Waals surface area contributed by atoms with Crippen LogP contribution < -0.4 is 5.32 Å². The fourth-order valence-corrected chi connectivity index (χ4v) is 5.21. The molecule has 3 aromatic heterocycles. The lowest BCUT2D eigenvalue weighted by Crippen LogP contribution is -2.43. The van der Waals surface area contributed by atoms with Crippen molar-refractivity contribution < 1.29 is 9.59 Å². The van der Waals surface area contributed by atoms with Crippen molar-refractivity contribution in [3.05, 3.63) is 45.9 Å². The third-order valence-electron chi connectivity index (χ3n) is 5.52. The van der Waals surface area contributed by atoms with Gasteiger partial charge in [-0.05, 0) is 57.7 Å². The molecular formula is C22H25N5O2S. The van der Waals surface area contributed by atoms with E-state index < -0.39 is 0 Å². The maximum Gasteiger partial charge on any atom is 0.264 e. The molecule has 1 N–H and O–H groups in total. The summed E-state index contributed by atoms with van der Waals surface area (Å²) in [5, 5.41) is 3.84. The van der Waals surface area contributed by atoms with Crippen molar-refractivity contribution in [2.75, 3.05) is 18.4 Å². The number of aryl methyl sites for hydroxylation is 4. The van der Waals surface area contributed by atoms with Crippen molar-refractivity contribution in [3.63, 3.8) is 0 Å². The van der Waals surface area contributed by atoms with Gasteiger partial charge in [0.1, 0.15) is 16.5 Å². The number of likely N-dealkylation sites (tertiary alicyclic amines) is 1. The normalized spacial score (nSPS) is 16.7. The third-order valence-corrected chi connectivity index (χ3v) is 6.69. The summed E-state index contributed by atoms with van der Waals surface area (Å²) >= 11 is 1.41. The van der Waals surface area contributed by atoms with Crippen LogP contribution in [-0.2, 0) is 4.79 Å². The van der Waals surface area contributed by atoms with Crippen LogP contribution in [0.25, 0.3) is 10.2 Å². The van der Waals surface area contributed by atoms with Gasteiger partial charge in [-0.25, -0.2) is 15.0 Å². The van der Waals surface area contributed by atoms with Crippen LogP contribution in [0.4, 0.5) is 5.82 Å². The number of piperidine rings is 1.